The predicted octanol–water partition coefficient (Wildman–Crippen LogP) is 2.84. The largest absolute Gasteiger partial charge is 0.492 e. The summed E-state index contributed by atoms with van der Waals surface area (Å²) in [4.78, 5) is 14.2. The second kappa shape index (κ2) is 10.4. The second-order valence-electron chi connectivity index (χ2n) is 6.85. The van der Waals surface area contributed by atoms with E-state index < -0.39 is 0 Å². The molecule has 1 saturated heterocycles. The number of hydrogen-bond donors (Lipinski definition) is 1. The van der Waals surface area contributed by atoms with Gasteiger partial charge in [0.2, 0.25) is 5.91 Å². The summed E-state index contributed by atoms with van der Waals surface area (Å²) in [6.45, 7) is 7.80. The molecule has 2 rings (SSSR count). The zero-order valence-electron chi connectivity index (χ0n) is 15.8. The van der Waals surface area contributed by atoms with E-state index in [1.165, 1.54) is 0 Å². The number of rotatable bonds is 9. The van der Waals surface area contributed by atoms with Crippen molar-refractivity contribution in [2.45, 2.75) is 45.7 Å². The van der Waals surface area contributed by atoms with Crippen molar-refractivity contribution in [3.63, 3.8) is 0 Å². The average molecular weight is 348 g/mol. The number of amides is 1. The van der Waals surface area contributed by atoms with Crippen LogP contribution in [-0.4, -0.2) is 50.3 Å². The highest BCUT2D eigenvalue weighted by molar-refractivity contribution is 5.78. The van der Waals surface area contributed by atoms with Crippen LogP contribution in [0.25, 0.3) is 0 Å². The van der Waals surface area contributed by atoms with Gasteiger partial charge in [-0.15, -0.1) is 0 Å². The van der Waals surface area contributed by atoms with Gasteiger partial charge < -0.3 is 14.8 Å². The molecular formula is C20H32N2O3. The zero-order chi connectivity index (χ0) is 18.1. The van der Waals surface area contributed by atoms with Gasteiger partial charge in [-0.2, -0.15) is 0 Å². The summed E-state index contributed by atoms with van der Waals surface area (Å²) >= 11 is 0. The Morgan fingerprint density at radius 1 is 1.40 bits per heavy atom. The Labute approximate surface area is 151 Å². The molecule has 1 heterocycles. The minimum absolute atomic E-state index is 0.0557. The smallest absolute Gasteiger partial charge is 0.223 e. The number of ether oxygens (including phenoxy) is 2. The molecule has 5 heteroatoms. The van der Waals surface area contributed by atoms with Crippen LogP contribution in [0.3, 0.4) is 0 Å². The molecule has 1 aromatic carbocycles. The van der Waals surface area contributed by atoms with Crippen molar-refractivity contribution in [1.82, 2.24) is 10.2 Å². The van der Waals surface area contributed by atoms with Gasteiger partial charge in [0.15, 0.2) is 0 Å². The van der Waals surface area contributed by atoms with E-state index >= 15 is 0 Å². The Morgan fingerprint density at radius 3 is 2.88 bits per heavy atom. The van der Waals surface area contributed by atoms with Crippen molar-refractivity contribution in [2.24, 2.45) is 5.92 Å². The van der Waals surface area contributed by atoms with E-state index in [9.17, 15) is 4.79 Å². The van der Waals surface area contributed by atoms with E-state index in [1.54, 1.807) is 0 Å². The molecule has 0 saturated carbocycles. The lowest BCUT2D eigenvalue weighted by molar-refractivity contribution is -0.124. The fraction of sp³-hybridized carbons (Fsp3) is 0.650. The highest BCUT2D eigenvalue weighted by Gasteiger charge is 2.18. The molecule has 1 fully saturated rings. The lowest BCUT2D eigenvalue weighted by atomic mass is 10.1. The number of benzene rings is 1. The monoisotopic (exact) mass is 348 g/mol. The quantitative estimate of drug-likeness (QED) is 0.746. The Bertz CT molecular complexity index is 529. The van der Waals surface area contributed by atoms with Crippen molar-refractivity contribution in [3.05, 3.63) is 29.8 Å². The highest BCUT2D eigenvalue weighted by atomic mass is 16.5. The molecule has 1 N–H and O–H groups in total. The van der Waals surface area contributed by atoms with Crippen LogP contribution in [0.2, 0.25) is 0 Å². The molecule has 0 spiro atoms. The van der Waals surface area contributed by atoms with Gasteiger partial charge in [0.05, 0.1) is 0 Å². The maximum absolute atomic E-state index is 11.9. The van der Waals surface area contributed by atoms with Crippen LogP contribution in [0.5, 0.6) is 5.75 Å². The van der Waals surface area contributed by atoms with E-state index in [2.05, 4.69) is 17.3 Å². The van der Waals surface area contributed by atoms with E-state index in [1.807, 2.05) is 38.1 Å². The van der Waals surface area contributed by atoms with Crippen LogP contribution >= 0.6 is 0 Å². The van der Waals surface area contributed by atoms with E-state index in [0.717, 1.165) is 50.3 Å². The summed E-state index contributed by atoms with van der Waals surface area (Å²) in [5, 5.41) is 2.98. The first-order valence-electron chi connectivity index (χ1n) is 9.37. The van der Waals surface area contributed by atoms with Crippen LogP contribution in [0.1, 0.15) is 38.7 Å². The molecule has 0 bridgehead atoms. The van der Waals surface area contributed by atoms with Crippen molar-refractivity contribution in [3.8, 4) is 5.75 Å². The summed E-state index contributed by atoms with van der Waals surface area (Å²) < 4.78 is 11.3. The van der Waals surface area contributed by atoms with Gasteiger partial charge in [0.25, 0.3) is 0 Å². The molecule has 0 aromatic heterocycles. The first kappa shape index (κ1) is 19.7. The Kier molecular flexibility index (Phi) is 8.22. The fourth-order valence-corrected chi connectivity index (χ4v) is 2.91. The summed E-state index contributed by atoms with van der Waals surface area (Å²) in [5.41, 5.74) is 1.06. The van der Waals surface area contributed by atoms with Gasteiger partial charge in [-0.3, -0.25) is 9.69 Å². The van der Waals surface area contributed by atoms with Crippen LogP contribution in [0, 0.1) is 5.92 Å². The summed E-state index contributed by atoms with van der Waals surface area (Å²) in [7, 11) is 2.15. The number of carbonyl (C=O) groups excluding carboxylic acids is 1. The molecular weight excluding hydrogens is 316 g/mol. The Balaban J connectivity index is 1.74. The van der Waals surface area contributed by atoms with Crippen molar-refractivity contribution in [1.29, 1.82) is 0 Å². The molecule has 25 heavy (non-hydrogen) atoms. The van der Waals surface area contributed by atoms with Gasteiger partial charge in [0, 0.05) is 38.3 Å². The van der Waals surface area contributed by atoms with Crippen molar-refractivity contribution < 1.29 is 14.3 Å². The molecule has 1 atom stereocenters. The number of hydrogen-bond acceptors (Lipinski definition) is 4. The van der Waals surface area contributed by atoms with Gasteiger partial charge >= 0.3 is 0 Å². The Morgan fingerprint density at radius 2 is 2.16 bits per heavy atom. The molecule has 1 aliphatic heterocycles. The van der Waals surface area contributed by atoms with Gasteiger partial charge in [0.1, 0.15) is 12.4 Å². The summed E-state index contributed by atoms with van der Waals surface area (Å²) in [6, 6.07) is 8.55. The maximum atomic E-state index is 11.9. The zero-order valence-corrected chi connectivity index (χ0v) is 15.8. The fourth-order valence-electron chi connectivity index (χ4n) is 2.91. The maximum Gasteiger partial charge on any atom is 0.223 e. The molecule has 1 amide bonds. The topological polar surface area (TPSA) is 50.8 Å². The average Bonchev–Trinajstić information content (AvgIpc) is 2.66. The third kappa shape index (κ3) is 6.67. The van der Waals surface area contributed by atoms with E-state index in [4.69, 9.17) is 9.47 Å². The van der Waals surface area contributed by atoms with Crippen LogP contribution < -0.4 is 10.1 Å². The molecule has 5 nitrogen and oxygen atoms in total. The second-order valence-corrected chi connectivity index (χ2v) is 6.85. The number of likely N-dealkylation sites (N-methyl/N-ethyl adjacent to an activating group) is 1. The van der Waals surface area contributed by atoms with E-state index in [-0.39, 0.29) is 11.8 Å². The minimum atomic E-state index is 0.0557. The lowest BCUT2D eigenvalue weighted by Gasteiger charge is -2.31. The number of nitrogens with zero attached hydrogens (tertiary/aromatic N) is 1. The summed E-state index contributed by atoms with van der Waals surface area (Å²) in [6.07, 6.45) is 3.05. The van der Waals surface area contributed by atoms with Crippen LogP contribution in [-0.2, 0) is 16.1 Å². The van der Waals surface area contributed by atoms with E-state index in [0.29, 0.717) is 19.2 Å². The third-order valence-corrected chi connectivity index (χ3v) is 4.95. The third-order valence-electron chi connectivity index (χ3n) is 4.95. The molecule has 1 aliphatic rings. The molecule has 0 aliphatic carbocycles. The van der Waals surface area contributed by atoms with Crippen molar-refractivity contribution in [2.75, 3.05) is 33.4 Å². The SMILES string of the molecule is CC[C@@H](C)C(=O)NCc1cccc(OCCN(C)C2CCOCC2)c1. The van der Waals surface area contributed by atoms with Gasteiger partial charge in [-0.05, 0) is 44.0 Å². The number of carbonyl (C=O) groups is 1. The van der Waals surface area contributed by atoms with Gasteiger partial charge in [-0.1, -0.05) is 26.0 Å². The molecule has 140 valence electrons. The molecule has 1 aromatic rings. The van der Waals surface area contributed by atoms with Crippen LogP contribution in [0.4, 0.5) is 0 Å². The molecule has 0 radical (unpaired) electrons. The predicted molar refractivity (Wildman–Crippen MR) is 99.7 cm³/mol. The summed E-state index contributed by atoms with van der Waals surface area (Å²) in [5.74, 6) is 1.02. The lowest BCUT2D eigenvalue weighted by Crippen LogP contribution is -2.38. The normalized spacial score (nSPS) is 16.6. The number of nitrogens with one attached hydrogen (secondary N) is 1. The highest BCUT2D eigenvalue weighted by Crippen LogP contribution is 2.15. The Hall–Kier alpha value is -1.59. The first-order chi connectivity index (χ1) is 12.1. The standard InChI is InChI=1S/C20H32N2O3/c1-4-16(2)20(23)21-15-17-6-5-7-19(14-17)25-13-10-22(3)18-8-11-24-12-9-18/h5-7,14,16,18H,4,8-13,15H2,1-3H3,(H,21,23)/t16-/m1/s1. The van der Waals surface area contributed by atoms with Crippen LogP contribution in [0.15, 0.2) is 24.3 Å². The molecule has 0 unspecified atom stereocenters. The first-order valence-corrected chi connectivity index (χ1v) is 9.37. The van der Waals surface area contributed by atoms with Crippen molar-refractivity contribution >= 4 is 5.91 Å². The van der Waals surface area contributed by atoms with Gasteiger partial charge in [-0.25, -0.2) is 0 Å². The minimum Gasteiger partial charge on any atom is -0.492 e.